The van der Waals surface area contributed by atoms with Gasteiger partial charge in [-0.25, -0.2) is 4.98 Å². The van der Waals surface area contributed by atoms with Gasteiger partial charge in [-0.3, -0.25) is 0 Å². The first-order valence-electron chi connectivity index (χ1n) is 6.71. The zero-order chi connectivity index (χ0) is 13.9. The van der Waals surface area contributed by atoms with Crippen LogP contribution in [0.25, 0.3) is 16.9 Å². The Kier molecular flexibility index (Phi) is 3.39. The highest BCUT2D eigenvalue weighted by Gasteiger charge is 2.09. The van der Waals surface area contributed by atoms with Gasteiger partial charge in [-0.2, -0.15) is 0 Å². The molecule has 0 aliphatic rings. The second-order valence-electron chi connectivity index (χ2n) is 4.56. The number of nitrogens with two attached hydrogens (primary N) is 1. The number of fused-ring (bicyclic) bond motifs is 1. The minimum absolute atomic E-state index is 0.527. The highest BCUT2D eigenvalue weighted by atomic mass is 16.5. The van der Waals surface area contributed by atoms with Gasteiger partial charge in [-0.15, -0.1) is 0 Å². The van der Waals surface area contributed by atoms with Crippen LogP contribution in [0.3, 0.4) is 0 Å². The Bertz CT molecular complexity index is 733. The first kappa shape index (κ1) is 12.7. The van der Waals surface area contributed by atoms with Crippen molar-refractivity contribution in [3.8, 4) is 17.0 Å². The standard InChI is InChI=1S/C16H17N3O/c1-2-20-15-6-4-3-5-13(15)14-11-19-10-12(9-17)7-8-16(19)18-14/h3-8,10-11H,2,9,17H2,1H3. The van der Waals surface area contributed by atoms with Crippen LogP contribution >= 0.6 is 0 Å². The van der Waals surface area contributed by atoms with E-state index in [0.29, 0.717) is 13.2 Å². The molecule has 2 heterocycles. The Morgan fingerprint density at radius 1 is 1.15 bits per heavy atom. The Morgan fingerprint density at radius 3 is 2.80 bits per heavy atom. The van der Waals surface area contributed by atoms with Crippen molar-refractivity contribution < 1.29 is 4.74 Å². The molecule has 0 aliphatic carbocycles. The van der Waals surface area contributed by atoms with Crippen molar-refractivity contribution in [1.82, 2.24) is 9.38 Å². The molecule has 0 bridgehead atoms. The van der Waals surface area contributed by atoms with Crippen molar-refractivity contribution in [3.63, 3.8) is 0 Å². The van der Waals surface area contributed by atoms with Gasteiger partial charge in [-0.05, 0) is 30.7 Å². The molecular weight excluding hydrogens is 250 g/mol. The molecule has 4 nitrogen and oxygen atoms in total. The average Bonchev–Trinajstić information content (AvgIpc) is 2.90. The summed E-state index contributed by atoms with van der Waals surface area (Å²) in [5.41, 5.74) is 9.57. The van der Waals surface area contributed by atoms with Gasteiger partial charge in [0.05, 0.1) is 12.3 Å². The van der Waals surface area contributed by atoms with E-state index in [-0.39, 0.29) is 0 Å². The fraction of sp³-hybridized carbons (Fsp3) is 0.188. The van der Waals surface area contributed by atoms with Crippen molar-refractivity contribution >= 4 is 5.65 Å². The number of benzene rings is 1. The molecule has 3 aromatic rings. The van der Waals surface area contributed by atoms with Crippen LogP contribution in [0, 0.1) is 0 Å². The highest BCUT2D eigenvalue weighted by Crippen LogP contribution is 2.29. The summed E-state index contributed by atoms with van der Waals surface area (Å²) >= 11 is 0. The van der Waals surface area contributed by atoms with Crippen molar-refractivity contribution in [2.24, 2.45) is 5.73 Å². The van der Waals surface area contributed by atoms with Crippen LogP contribution in [0.2, 0.25) is 0 Å². The third kappa shape index (κ3) is 2.26. The minimum Gasteiger partial charge on any atom is -0.493 e. The topological polar surface area (TPSA) is 52.5 Å². The molecule has 4 heteroatoms. The Balaban J connectivity index is 2.10. The average molecular weight is 267 g/mol. The summed E-state index contributed by atoms with van der Waals surface area (Å²) < 4.78 is 7.66. The van der Waals surface area contributed by atoms with E-state index in [1.54, 1.807) is 0 Å². The fourth-order valence-corrected chi connectivity index (χ4v) is 2.25. The molecule has 1 aromatic carbocycles. The first-order chi connectivity index (χ1) is 9.81. The minimum atomic E-state index is 0.527. The van der Waals surface area contributed by atoms with Crippen molar-refractivity contribution in [3.05, 3.63) is 54.4 Å². The van der Waals surface area contributed by atoms with Crippen molar-refractivity contribution in [2.45, 2.75) is 13.5 Å². The molecule has 0 fully saturated rings. The van der Waals surface area contributed by atoms with Gasteiger partial charge in [0.15, 0.2) is 0 Å². The van der Waals surface area contributed by atoms with Crippen LogP contribution in [0.5, 0.6) is 5.75 Å². The van der Waals surface area contributed by atoms with Crippen LogP contribution < -0.4 is 10.5 Å². The number of ether oxygens (including phenoxy) is 1. The second-order valence-corrected chi connectivity index (χ2v) is 4.56. The van der Waals surface area contributed by atoms with Gasteiger partial charge >= 0.3 is 0 Å². The Hall–Kier alpha value is -2.33. The third-order valence-electron chi connectivity index (χ3n) is 3.21. The fourth-order valence-electron chi connectivity index (χ4n) is 2.25. The molecule has 0 saturated heterocycles. The maximum Gasteiger partial charge on any atom is 0.137 e. The van der Waals surface area contributed by atoms with E-state index < -0.39 is 0 Å². The SMILES string of the molecule is CCOc1ccccc1-c1cn2cc(CN)ccc2n1. The summed E-state index contributed by atoms with van der Waals surface area (Å²) in [5, 5.41) is 0. The lowest BCUT2D eigenvalue weighted by Crippen LogP contribution is -1.97. The molecule has 0 atom stereocenters. The van der Waals surface area contributed by atoms with E-state index >= 15 is 0 Å². The Labute approximate surface area is 117 Å². The normalized spacial score (nSPS) is 10.9. The number of hydrogen-bond donors (Lipinski definition) is 1. The Morgan fingerprint density at radius 2 is 2.00 bits per heavy atom. The van der Waals surface area contributed by atoms with E-state index in [9.17, 15) is 0 Å². The lowest BCUT2D eigenvalue weighted by Gasteiger charge is -2.07. The van der Waals surface area contributed by atoms with Crippen molar-refractivity contribution in [1.29, 1.82) is 0 Å². The second kappa shape index (κ2) is 5.35. The molecule has 2 aromatic heterocycles. The zero-order valence-corrected chi connectivity index (χ0v) is 11.4. The maximum absolute atomic E-state index is 5.67. The van der Waals surface area contributed by atoms with Gasteiger partial charge in [0.25, 0.3) is 0 Å². The number of nitrogens with zero attached hydrogens (tertiary/aromatic N) is 2. The molecule has 2 N–H and O–H groups in total. The summed E-state index contributed by atoms with van der Waals surface area (Å²) in [6.45, 7) is 3.15. The molecule has 0 amide bonds. The molecule has 0 radical (unpaired) electrons. The van der Waals surface area contributed by atoms with Crippen LogP contribution in [0.1, 0.15) is 12.5 Å². The highest BCUT2D eigenvalue weighted by molar-refractivity contribution is 5.69. The summed E-state index contributed by atoms with van der Waals surface area (Å²) in [4.78, 5) is 4.64. The van der Waals surface area contributed by atoms with E-state index in [0.717, 1.165) is 28.2 Å². The van der Waals surface area contributed by atoms with Gasteiger partial charge in [0, 0.05) is 24.5 Å². The maximum atomic E-state index is 5.67. The van der Waals surface area contributed by atoms with Gasteiger partial charge in [0.1, 0.15) is 11.4 Å². The van der Waals surface area contributed by atoms with E-state index in [1.165, 1.54) is 0 Å². The number of imidazole rings is 1. The summed E-state index contributed by atoms with van der Waals surface area (Å²) in [6.07, 6.45) is 4.02. The molecule has 0 aliphatic heterocycles. The van der Waals surface area contributed by atoms with Crippen LogP contribution in [-0.2, 0) is 6.54 Å². The number of hydrogen-bond acceptors (Lipinski definition) is 3. The van der Waals surface area contributed by atoms with Crippen LogP contribution in [0.15, 0.2) is 48.8 Å². The molecule has 0 spiro atoms. The van der Waals surface area contributed by atoms with Gasteiger partial charge in [0.2, 0.25) is 0 Å². The number of rotatable bonds is 4. The molecular formula is C16H17N3O. The lowest BCUT2D eigenvalue weighted by molar-refractivity contribution is 0.341. The molecule has 0 unspecified atom stereocenters. The molecule has 3 rings (SSSR count). The predicted octanol–water partition coefficient (Wildman–Crippen LogP) is 2.86. The van der Waals surface area contributed by atoms with Gasteiger partial charge < -0.3 is 14.9 Å². The molecule has 102 valence electrons. The lowest BCUT2D eigenvalue weighted by atomic mass is 10.1. The van der Waals surface area contributed by atoms with Gasteiger partial charge in [-0.1, -0.05) is 18.2 Å². The van der Waals surface area contributed by atoms with E-state index in [4.69, 9.17) is 10.5 Å². The third-order valence-corrected chi connectivity index (χ3v) is 3.21. The smallest absolute Gasteiger partial charge is 0.137 e. The summed E-state index contributed by atoms with van der Waals surface area (Å²) in [6, 6.07) is 11.9. The number of para-hydroxylation sites is 1. The largest absolute Gasteiger partial charge is 0.493 e. The monoisotopic (exact) mass is 267 g/mol. The quantitative estimate of drug-likeness (QED) is 0.790. The number of aromatic nitrogens is 2. The van der Waals surface area contributed by atoms with Crippen LogP contribution in [-0.4, -0.2) is 16.0 Å². The van der Waals surface area contributed by atoms with Crippen molar-refractivity contribution in [2.75, 3.05) is 6.61 Å². The molecule has 20 heavy (non-hydrogen) atoms. The first-order valence-corrected chi connectivity index (χ1v) is 6.71. The van der Waals surface area contributed by atoms with Crippen LogP contribution in [0.4, 0.5) is 0 Å². The summed E-state index contributed by atoms with van der Waals surface area (Å²) in [5.74, 6) is 0.859. The van der Waals surface area contributed by atoms with E-state index in [2.05, 4.69) is 4.98 Å². The van der Waals surface area contributed by atoms with E-state index in [1.807, 2.05) is 60.1 Å². The predicted molar refractivity (Wildman–Crippen MR) is 79.7 cm³/mol. The molecule has 0 saturated carbocycles. The summed E-state index contributed by atoms with van der Waals surface area (Å²) in [7, 11) is 0. The number of pyridine rings is 1. The zero-order valence-electron chi connectivity index (χ0n) is 11.4.